The summed E-state index contributed by atoms with van der Waals surface area (Å²) in [5.74, 6) is -0.458. The lowest BCUT2D eigenvalue weighted by Gasteiger charge is -2.37. The van der Waals surface area contributed by atoms with Crippen LogP contribution < -0.4 is 9.47 Å². The highest BCUT2D eigenvalue weighted by molar-refractivity contribution is 5.95. The molecular formula is C17H23NO5. The summed E-state index contributed by atoms with van der Waals surface area (Å²) >= 11 is 0. The van der Waals surface area contributed by atoms with Gasteiger partial charge in [-0.2, -0.15) is 0 Å². The second-order valence-corrected chi connectivity index (χ2v) is 5.62. The first-order valence-electron chi connectivity index (χ1n) is 7.84. The van der Waals surface area contributed by atoms with Gasteiger partial charge < -0.3 is 19.5 Å². The lowest BCUT2D eigenvalue weighted by atomic mass is 9.90. The van der Waals surface area contributed by atoms with Gasteiger partial charge in [0.05, 0.1) is 19.6 Å². The van der Waals surface area contributed by atoms with Gasteiger partial charge in [-0.15, -0.1) is 0 Å². The molecule has 1 saturated heterocycles. The monoisotopic (exact) mass is 321 g/mol. The number of hydrogen-bond acceptors (Lipinski definition) is 4. The topological polar surface area (TPSA) is 76.1 Å². The van der Waals surface area contributed by atoms with Crippen molar-refractivity contribution in [2.24, 2.45) is 5.92 Å². The number of carbonyl (C=O) groups excluding carboxylic acids is 1. The quantitative estimate of drug-likeness (QED) is 0.901. The summed E-state index contributed by atoms with van der Waals surface area (Å²) in [6.45, 7) is 4.74. The predicted molar refractivity (Wildman–Crippen MR) is 85.0 cm³/mol. The second-order valence-electron chi connectivity index (χ2n) is 5.62. The maximum Gasteiger partial charge on any atom is 0.308 e. The third-order valence-electron chi connectivity index (χ3n) is 4.28. The third kappa shape index (κ3) is 3.57. The van der Waals surface area contributed by atoms with Gasteiger partial charge in [-0.1, -0.05) is 0 Å². The SMILES string of the molecule is CCOc1ccc(C(=O)N2CCC[C@H](C(=O)O)[C@@H]2C)cc1OC. The zero-order valence-electron chi connectivity index (χ0n) is 13.7. The molecule has 0 bridgehead atoms. The summed E-state index contributed by atoms with van der Waals surface area (Å²) in [5.41, 5.74) is 0.475. The van der Waals surface area contributed by atoms with Crippen LogP contribution in [0.3, 0.4) is 0 Å². The number of methoxy groups -OCH3 is 1. The molecule has 0 unspecified atom stereocenters. The van der Waals surface area contributed by atoms with Gasteiger partial charge in [0.1, 0.15) is 0 Å². The van der Waals surface area contributed by atoms with Crippen molar-refractivity contribution < 1.29 is 24.2 Å². The fourth-order valence-corrected chi connectivity index (χ4v) is 3.00. The smallest absolute Gasteiger partial charge is 0.308 e. The lowest BCUT2D eigenvalue weighted by Crippen LogP contribution is -2.49. The van der Waals surface area contributed by atoms with Crippen LogP contribution in [0.25, 0.3) is 0 Å². The van der Waals surface area contributed by atoms with E-state index in [1.54, 1.807) is 30.0 Å². The number of ether oxygens (including phenoxy) is 2. The summed E-state index contributed by atoms with van der Waals surface area (Å²) in [6.07, 6.45) is 1.30. The molecule has 1 aliphatic rings. The van der Waals surface area contributed by atoms with Crippen LogP contribution in [0.15, 0.2) is 18.2 Å². The predicted octanol–water partition coefficient (Wildman–Crippen LogP) is 2.42. The van der Waals surface area contributed by atoms with Crippen LogP contribution in [0.2, 0.25) is 0 Å². The highest BCUT2D eigenvalue weighted by atomic mass is 16.5. The van der Waals surface area contributed by atoms with Crippen molar-refractivity contribution in [2.75, 3.05) is 20.3 Å². The van der Waals surface area contributed by atoms with Gasteiger partial charge in [0, 0.05) is 18.2 Å². The van der Waals surface area contributed by atoms with E-state index in [4.69, 9.17) is 9.47 Å². The Labute approximate surface area is 136 Å². The van der Waals surface area contributed by atoms with Crippen molar-refractivity contribution in [3.63, 3.8) is 0 Å². The van der Waals surface area contributed by atoms with Crippen molar-refractivity contribution in [3.05, 3.63) is 23.8 Å². The summed E-state index contributed by atoms with van der Waals surface area (Å²) < 4.78 is 10.7. The van der Waals surface area contributed by atoms with Crippen molar-refractivity contribution in [1.82, 2.24) is 4.90 Å². The standard InChI is InChI=1S/C17H23NO5/c1-4-23-14-8-7-12(10-15(14)22-3)16(19)18-9-5-6-13(11(18)2)17(20)21/h7-8,10-11,13H,4-6,9H2,1-3H3,(H,20,21)/t11-,13-/m0/s1. The van der Waals surface area contributed by atoms with Crippen LogP contribution in [-0.4, -0.2) is 48.2 Å². The molecule has 6 nitrogen and oxygen atoms in total. The molecule has 1 N–H and O–H groups in total. The molecule has 6 heteroatoms. The van der Waals surface area contributed by atoms with Crippen LogP contribution in [0.5, 0.6) is 11.5 Å². The van der Waals surface area contributed by atoms with Crippen LogP contribution >= 0.6 is 0 Å². The van der Waals surface area contributed by atoms with E-state index in [2.05, 4.69) is 0 Å². The number of carboxylic acids is 1. The average Bonchev–Trinajstić information content (AvgIpc) is 2.54. The zero-order chi connectivity index (χ0) is 17.0. The number of hydrogen-bond donors (Lipinski definition) is 1. The first-order valence-corrected chi connectivity index (χ1v) is 7.84. The number of aliphatic carboxylic acids is 1. The van der Waals surface area contributed by atoms with Crippen LogP contribution in [-0.2, 0) is 4.79 Å². The number of benzene rings is 1. The van der Waals surface area contributed by atoms with E-state index in [1.165, 1.54) is 7.11 Å². The maximum absolute atomic E-state index is 12.8. The van der Waals surface area contributed by atoms with Gasteiger partial charge in [0.15, 0.2) is 11.5 Å². The largest absolute Gasteiger partial charge is 0.493 e. The van der Waals surface area contributed by atoms with E-state index in [0.29, 0.717) is 43.1 Å². The molecule has 1 fully saturated rings. The fraction of sp³-hybridized carbons (Fsp3) is 0.529. The average molecular weight is 321 g/mol. The van der Waals surface area contributed by atoms with E-state index in [1.807, 2.05) is 6.92 Å². The number of rotatable bonds is 5. The number of amides is 1. The fourth-order valence-electron chi connectivity index (χ4n) is 3.00. The first kappa shape index (κ1) is 17.1. The zero-order valence-corrected chi connectivity index (χ0v) is 13.7. The Morgan fingerprint density at radius 1 is 1.35 bits per heavy atom. The molecule has 23 heavy (non-hydrogen) atoms. The van der Waals surface area contributed by atoms with Gasteiger partial charge in [0.2, 0.25) is 0 Å². The molecular weight excluding hydrogens is 298 g/mol. The number of nitrogens with zero attached hydrogens (tertiary/aromatic N) is 1. The second kappa shape index (κ2) is 7.35. The molecule has 1 aromatic carbocycles. The van der Waals surface area contributed by atoms with Gasteiger partial charge in [-0.25, -0.2) is 0 Å². The third-order valence-corrected chi connectivity index (χ3v) is 4.28. The molecule has 126 valence electrons. The molecule has 1 aromatic rings. The van der Waals surface area contributed by atoms with Crippen molar-refractivity contribution in [2.45, 2.75) is 32.7 Å². The molecule has 0 spiro atoms. The summed E-state index contributed by atoms with van der Waals surface area (Å²) in [5, 5.41) is 9.28. The molecule has 1 aliphatic heterocycles. The Hall–Kier alpha value is -2.24. The van der Waals surface area contributed by atoms with Crippen molar-refractivity contribution >= 4 is 11.9 Å². The van der Waals surface area contributed by atoms with E-state index in [-0.39, 0.29) is 11.9 Å². The van der Waals surface area contributed by atoms with E-state index < -0.39 is 11.9 Å². The normalized spacial score (nSPS) is 20.9. The van der Waals surface area contributed by atoms with E-state index in [9.17, 15) is 14.7 Å². The number of carbonyl (C=O) groups is 2. The van der Waals surface area contributed by atoms with Gasteiger partial charge in [-0.05, 0) is 44.9 Å². The Morgan fingerprint density at radius 3 is 2.70 bits per heavy atom. The molecule has 2 rings (SSSR count). The number of carboxylic acid groups (broad SMARTS) is 1. The summed E-state index contributed by atoms with van der Waals surface area (Å²) in [4.78, 5) is 25.7. The van der Waals surface area contributed by atoms with E-state index >= 15 is 0 Å². The summed E-state index contributed by atoms with van der Waals surface area (Å²) in [7, 11) is 1.52. The van der Waals surface area contributed by atoms with Crippen LogP contribution in [0.4, 0.5) is 0 Å². The molecule has 0 aliphatic carbocycles. The number of piperidine rings is 1. The minimum absolute atomic E-state index is 0.176. The van der Waals surface area contributed by atoms with Crippen molar-refractivity contribution in [3.8, 4) is 11.5 Å². The Balaban J connectivity index is 2.24. The molecule has 2 atom stereocenters. The van der Waals surface area contributed by atoms with Crippen LogP contribution in [0.1, 0.15) is 37.0 Å². The Morgan fingerprint density at radius 2 is 2.09 bits per heavy atom. The van der Waals surface area contributed by atoms with E-state index in [0.717, 1.165) is 0 Å². The lowest BCUT2D eigenvalue weighted by molar-refractivity contribution is -0.144. The number of likely N-dealkylation sites (tertiary alicyclic amines) is 1. The van der Waals surface area contributed by atoms with Gasteiger partial charge in [0.25, 0.3) is 5.91 Å². The summed E-state index contributed by atoms with van der Waals surface area (Å²) in [6, 6.07) is 4.71. The molecule has 0 aromatic heterocycles. The van der Waals surface area contributed by atoms with Gasteiger partial charge in [-0.3, -0.25) is 9.59 Å². The minimum atomic E-state index is -0.848. The Bertz CT molecular complexity index is 586. The molecule has 0 radical (unpaired) electrons. The van der Waals surface area contributed by atoms with Gasteiger partial charge >= 0.3 is 5.97 Å². The molecule has 1 heterocycles. The minimum Gasteiger partial charge on any atom is -0.493 e. The van der Waals surface area contributed by atoms with Crippen molar-refractivity contribution in [1.29, 1.82) is 0 Å². The highest BCUT2D eigenvalue weighted by Gasteiger charge is 2.35. The maximum atomic E-state index is 12.8. The Kier molecular flexibility index (Phi) is 5.47. The molecule has 1 amide bonds. The van der Waals surface area contributed by atoms with Crippen LogP contribution in [0, 0.1) is 5.92 Å². The highest BCUT2D eigenvalue weighted by Crippen LogP contribution is 2.30. The first-order chi connectivity index (χ1) is 11.0. The molecule has 0 saturated carbocycles.